The van der Waals surface area contributed by atoms with E-state index in [0.29, 0.717) is 13.1 Å². The van der Waals surface area contributed by atoms with Gasteiger partial charge in [-0.1, -0.05) is 0 Å². The van der Waals surface area contributed by atoms with Crippen molar-refractivity contribution in [1.29, 1.82) is 0 Å². The van der Waals surface area contributed by atoms with Crippen molar-refractivity contribution in [2.45, 2.75) is 6.42 Å². The summed E-state index contributed by atoms with van der Waals surface area (Å²) in [5.74, 6) is -0.310. The highest BCUT2D eigenvalue weighted by molar-refractivity contribution is 5.91. The first-order valence-corrected chi connectivity index (χ1v) is 4.28. The molecule has 6 heteroatoms. The molecule has 1 aromatic rings. The number of aromatic nitrogens is 2. The minimum Gasteiger partial charge on any atom is -0.351 e. The van der Waals surface area contributed by atoms with Gasteiger partial charge in [0.25, 0.3) is 11.5 Å². The molecule has 1 amide bonds. The Balaban J connectivity index is 2.52. The molecule has 0 saturated carbocycles. The highest BCUT2D eigenvalue weighted by Crippen LogP contribution is 1.87. The molecule has 0 radical (unpaired) electrons. The Bertz CT molecular complexity index is 340. The van der Waals surface area contributed by atoms with Gasteiger partial charge in [0.15, 0.2) is 0 Å². The lowest BCUT2D eigenvalue weighted by atomic mass is 10.3. The molecule has 0 spiro atoms. The summed E-state index contributed by atoms with van der Waals surface area (Å²) < 4.78 is 0. The Morgan fingerprint density at radius 2 is 2.36 bits per heavy atom. The van der Waals surface area contributed by atoms with Crippen LogP contribution in [0.4, 0.5) is 0 Å². The molecule has 0 atom stereocenters. The van der Waals surface area contributed by atoms with Gasteiger partial charge in [-0.25, -0.2) is 5.10 Å². The number of amides is 1. The summed E-state index contributed by atoms with van der Waals surface area (Å²) >= 11 is 0. The molecule has 1 aromatic heterocycles. The van der Waals surface area contributed by atoms with Gasteiger partial charge in [0.1, 0.15) is 5.69 Å². The molecule has 0 saturated heterocycles. The number of carbonyl (C=O) groups is 1. The Morgan fingerprint density at radius 3 is 2.93 bits per heavy atom. The Kier molecular flexibility index (Phi) is 3.81. The summed E-state index contributed by atoms with van der Waals surface area (Å²) in [4.78, 5) is 21.9. The lowest BCUT2D eigenvalue weighted by molar-refractivity contribution is 0.0947. The number of hydrogen-bond donors (Lipinski definition) is 3. The number of nitrogens with zero attached hydrogens (tertiary/aromatic N) is 1. The summed E-state index contributed by atoms with van der Waals surface area (Å²) in [5, 5.41) is 8.37. The molecule has 0 aliphatic carbocycles. The van der Waals surface area contributed by atoms with Crippen molar-refractivity contribution in [1.82, 2.24) is 15.5 Å². The van der Waals surface area contributed by atoms with Crippen LogP contribution in [0.15, 0.2) is 16.9 Å². The Morgan fingerprint density at radius 1 is 1.57 bits per heavy atom. The summed E-state index contributed by atoms with van der Waals surface area (Å²) in [5.41, 5.74) is 5.12. The van der Waals surface area contributed by atoms with Gasteiger partial charge >= 0.3 is 0 Å². The topological polar surface area (TPSA) is 101 Å². The number of H-pyrrole nitrogens is 1. The molecule has 0 aliphatic rings. The van der Waals surface area contributed by atoms with Gasteiger partial charge in [0.2, 0.25) is 0 Å². The molecule has 0 aromatic carbocycles. The first kappa shape index (κ1) is 10.4. The van der Waals surface area contributed by atoms with Crippen LogP contribution in [-0.2, 0) is 0 Å². The molecule has 6 nitrogen and oxygen atoms in total. The van der Waals surface area contributed by atoms with E-state index in [1.807, 2.05) is 0 Å². The molecule has 1 heterocycles. The summed E-state index contributed by atoms with van der Waals surface area (Å²) in [6.45, 7) is 1.04. The molecule has 0 bridgehead atoms. The van der Waals surface area contributed by atoms with Crippen molar-refractivity contribution < 1.29 is 4.79 Å². The molecule has 0 aliphatic heterocycles. The number of carbonyl (C=O) groups excluding carboxylic acids is 1. The van der Waals surface area contributed by atoms with Gasteiger partial charge < -0.3 is 11.1 Å². The third kappa shape index (κ3) is 2.98. The van der Waals surface area contributed by atoms with Crippen LogP contribution in [0, 0.1) is 0 Å². The zero-order chi connectivity index (χ0) is 10.4. The van der Waals surface area contributed by atoms with Crippen molar-refractivity contribution in [3.8, 4) is 0 Å². The number of nitrogens with one attached hydrogen (secondary N) is 2. The fraction of sp³-hybridized carbons (Fsp3) is 0.375. The zero-order valence-electron chi connectivity index (χ0n) is 7.62. The Hall–Kier alpha value is -1.69. The minimum atomic E-state index is -0.330. The smallest absolute Gasteiger partial charge is 0.271 e. The van der Waals surface area contributed by atoms with E-state index in [9.17, 15) is 9.59 Å². The number of hydrogen-bond acceptors (Lipinski definition) is 4. The van der Waals surface area contributed by atoms with E-state index >= 15 is 0 Å². The van der Waals surface area contributed by atoms with E-state index in [0.717, 1.165) is 6.42 Å². The Labute approximate surface area is 80.5 Å². The molecule has 4 N–H and O–H groups in total. The number of aromatic amines is 1. The summed E-state index contributed by atoms with van der Waals surface area (Å²) in [7, 11) is 0. The van der Waals surface area contributed by atoms with Gasteiger partial charge in [0, 0.05) is 12.6 Å². The van der Waals surface area contributed by atoms with Crippen LogP contribution in [0.1, 0.15) is 16.9 Å². The number of rotatable bonds is 4. The molecule has 14 heavy (non-hydrogen) atoms. The second kappa shape index (κ2) is 5.13. The fourth-order valence-corrected chi connectivity index (χ4v) is 0.865. The molecule has 0 unspecified atom stereocenters. The number of nitrogens with two attached hydrogens (primary N) is 1. The van der Waals surface area contributed by atoms with Crippen LogP contribution in [0.25, 0.3) is 0 Å². The van der Waals surface area contributed by atoms with Crippen LogP contribution in [0.2, 0.25) is 0 Å². The third-order valence-electron chi connectivity index (χ3n) is 1.58. The predicted molar refractivity (Wildman–Crippen MR) is 50.9 cm³/mol. The van der Waals surface area contributed by atoms with Crippen LogP contribution < -0.4 is 16.6 Å². The standard InChI is InChI=1S/C8H12N4O2/c9-4-1-5-10-8(14)6-2-3-7(13)12-11-6/h2-3H,1,4-5,9H2,(H,10,14)(H,12,13). The van der Waals surface area contributed by atoms with Crippen molar-refractivity contribution >= 4 is 5.91 Å². The summed E-state index contributed by atoms with van der Waals surface area (Å²) in [6.07, 6.45) is 0.717. The lowest BCUT2D eigenvalue weighted by Gasteiger charge is -2.01. The second-order valence-corrected chi connectivity index (χ2v) is 2.70. The van der Waals surface area contributed by atoms with Gasteiger partial charge in [-0.15, -0.1) is 0 Å². The van der Waals surface area contributed by atoms with Crippen LogP contribution in [0.5, 0.6) is 0 Å². The van der Waals surface area contributed by atoms with E-state index in [2.05, 4.69) is 15.5 Å². The van der Waals surface area contributed by atoms with E-state index in [4.69, 9.17) is 5.73 Å². The lowest BCUT2D eigenvalue weighted by Crippen LogP contribution is -2.27. The van der Waals surface area contributed by atoms with E-state index in [1.165, 1.54) is 12.1 Å². The fourth-order valence-electron chi connectivity index (χ4n) is 0.865. The minimum absolute atomic E-state index is 0.196. The average molecular weight is 196 g/mol. The van der Waals surface area contributed by atoms with Crippen molar-refractivity contribution in [3.05, 3.63) is 28.2 Å². The maximum atomic E-state index is 11.3. The van der Waals surface area contributed by atoms with E-state index in [-0.39, 0.29) is 17.2 Å². The van der Waals surface area contributed by atoms with Crippen molar-refractivity contribution in [2.24, 2.45) is 5.73 Å². The quantitative estimate of drug-likeness (QED) is 0.529. The first-order valence-electron chi connectivity index (χ1n) is 4.28. The van der Waals surface area contributed by atoms with E-state index < -0.39 is 0 Å². The van der Waals surface area contributed by atoms with Crippen molar-refractivity contribution in [2.75, 3.05) is 13.1 Å². The van der Waals surface area contributed by atoms with Gasteiger partial charge in [-0.2, -0.15) is 5.10 Å². The molecule has 0 fully saturated rings. The summed E-state index contributed by atoms with van der Waals surface area (Å²) in [6, 6.07) is 2.63. The van der Waals surface area contributed by atoms with Gasteiger partial charge in [-0.05, 0) is 19.0 Å². The van der Waals surface area contributed by atoms with Gasteiger partial charge in [-0.3, -0.25) is 9.59 Å². The first-order chi connectivity index (χ1) is 6.74. The highest BCUT2D eigenvalue weighted by Gasteiger charge is 2.05. The average Bonchev–Trinajstić information content (AvgIpc) is 2.19. The second-order valence-electron chi connectivity index (χ2n) is 2.70. The maximum Gasteiger partial charge on any atom is 0.271 e. The molecule has 1 rings (SSSR count). The largest absolute Gasteiger partial charge is 0.351 e. The normalized spacial score (nSPS) is 9.79. The monoisotopic (exact) mass is 196 g/mol. The van der Waals surface area contributed by atoms with Gasteiger partial charge in [0.05, 0.1) is 0 Å². The maximum absolute atomic E-state index is 11.3. The zero-order valence-corrected chi connectivity index (χ0v) is 7.62. The molecular weight excluding hydrogens is 184 g/mol. The van der Waals surface area contributed by atoms with Crippen LogP contribution >= 0.6 is 0 Å². The molecule has 76 valence electrons. The van der Waals surface area contributed by atoms with Crippen molar-refractivity contribution in [3.63, 3.8) is 0 Å². The van der Waals surface area contributed by atoms with Crippen LogP contribution in [0.3, 0.4) is 0 Å². The SMILES string of the molecule is NCCCNC(=O)c1ccc(=O)[nH]n1. The van der Waals surface area contributed by atoms with Crippen LogP contribution in [-0.4, -0.2) is 29.2 Å². The highest BCUT2D eigenvalue weighted by atomic mass is 16.2. The third-order valence-corrected chi connectivity index (χ3v) is 1.58. The predicted octanol–water partition coefficient (Wildman–Crippen LogP) is -1.15. The molecular formula is C8H12N4O2. The van der Waals surface area contributed by atoms with E-state index in [1.54, 1.807) is 0 Å².